The Labute approximate surface area is 76.8 Å². The van der Waals surface area contributed by atoms with Crippen molar-refractivity contribution in [3.8, 4) is 17.9 Å². The van der Waals surface area contributed by atoms with E-state index in [1.54, 1.807) is 24.3 Å². The van der Waals surface area contributed by atoms with Gasteiger partial charge in [0.1, 0.15) is 6.29 Å². The van der Waals surface area contributed by atoms with Gasteiger partial charge in [0.15, 0.2) is 0 Å². The highest BCUT2D eigenvalue weighted by molar-refractivity contribution is 5.75. The standard InChI is InChI=1S/C11H7NO/c12-7-2-1-4-10-5-3-6-11(8-10)9-13/h3,5-6,8-9H,2H2. The number of carbonyl (C=O) groups excluding carboxylic acids is 1. The first-order valence-electron chi connectivity index (χ1n) is 3.78. The maximum atomic E-state index is 10.4. The molecule has 0 bridgehead atoms. The van der Waals surface area contributed by atoms with Crippen molar-refractivity contribution in [3.63, 3.8) is 0 Å². The first-order valence-corrected chi connectivity index (χ1v) is 3.78. The number of rotatable bonds is 1. The second-order valence-corrected chi connectivity index (χ2v) is 2.38. The molecule has 2 heteroatoms. The van der Waals surface area contributed by atoms with E-state index in [9.17, 15) is 4.79 Å². The van der Waals surface area contributed by atoms with Gasteiger partial charge in [-0.1, -0.05) is 24.0 Å². The molecule has 0 radical (unpaired) electrons. The number of carbonyl (C=O) groups is 1. The Morgan fingerprint density at radius 2 is 2.31 bits per heavy atom. The normalized spacial score (nSPS) is 7.92. The fraction of sp³-hybridized carbons (Fsp3) is 0.0909. The van der Waals surface area contributed by atoms with E-state index in [0.717, 1.165) is 11.8 Å². The van der Waals surface area contributed by atoms with Crippen LogP contribution in [0.1, 0.15) is 22.3 Å². The van der Waals surface area contributed by atoms with Gasteiger partial charge in [-0.05, 0) is 12.1 Å². The van der Waals surface area contributed by atoms with Crippen LogP contribution >= 0.6 is 0 Å². The smallest absolute Gasteiger partial charge is 0.150 e. The number of benzene rings is 1. The summed E-state index contributed by atoms with van der Waals surface area (Å²) in [6, 6.07) is 8.89. The van der Waals surface area contributed by atoms with Crippen molar-refractivity contribution in [2.45, 2.75) is 6.42 Å². The summed E-state index contributed by atoms with van der Waals surface area (Å²) in [5.41, 5.74) is 1.36. The molecular weight excluding hydrogens is 162 g/mol. The summed E-state index contributed by atoms with van der Waals surface area (Å²) >= 11 is 0. The minimum atomic E-state index is 0.214. The minimum Gasteiger partial charge on any atom is -0.298 e. The molecule has 0 saturated heterocycles. The van der Waals surface area contributed by atoms with E-state index < -0.39 is 0 Å². The van der Waals surface area contributed by atoms with Gasteiger partial charge in [-0.3, -0.25) is 4.79 Å². The van der Waals surface area contributed by atoms with Crippen molar-refractivity contribution in [1.29, 1.82) is 5.26 Å². The van der Waals surface area contributed by atoms with Crippen LogP contribution in [0.3, 0.4) is 0 Å². The van der Waals surface area contributed by atoms with Crippen LogP contribution in [-0.2, 0) is 0 Å². The minimum absolute atomic E-state index is 0.214. The van der Waals surface area contributed by atoms with Gasteiger partial charge in [0.05, 0.1) is 12.5 Å². The molecule has 0 fully saturated rings. The Morgan fingerprint density at radius 1 is 1.46 bits per heavy atom. The van der Waals surface area contributed by atoms with Crippen molar-refractivity contribution in [2.75, 3.05) is 0 Å². The average molecular weight is 169 g/mol. The largest absolute Gasteiger partial charge is 0.298 e. The lowest BCUT2D eigenvalue weighted by atomic mass is 10.1. The molecule has 2 nitrogen and oxygen atoms in total. The molecule has 0 unspecified atom stereocenters. The van der Waals surface area contributed by atoms with Crippen LogP contribution in [0.5, 0.6) is 0 Å². The molecule has 0 heterocycles. The maximum Gasteiger partial charge on any atom is 0.150 e. The topological polar surface area (TPSA) is 40.9 Å². The zero-order chi connectivity index (χ0) is 9.52. The van der Waals surface area contributed by atoms with Gasteiger partial charge in [0.2, 0.25) is 0 Å². The van der Waals surface area contributed by atoms with Gasteiger partial charge >= 0.3 is 0 Å². The Morgan fingerprint density at radius 3 is 3.00 bits per heavy atom. The van der Waals surface area contributed by atoms with Gasteiger partial charge in [0.25, 0.3) is 0 Å². The molecule has 1 aromatic carbocycles. The van der Waals surface area contributed by atoms with Crippen molar-refractivity contribution in [1.82, 2.24) is 0 Å². The highest BCUT2D eigenvalue weighted by Gasteiger charge is 1.89. The van der Waals surface area contributed by atoms with Gasteiger partial charge in [0, 0.05) is 11.1 Å². The summed E-state index contributed by atoms with van der Waals surface area (Å²) < 4.78 is 0. The van der Waals surface area contributed by atoms with Crippen molar-refractivity contribution < 1.29 is 4.79 Å². The van der Waals surface area contributed by atoms with E-state index in [1.165, 1.54) is 0 Å². The average Bonchev–Trinajstić information content (AvgIpc) is 2.19. The maximum absolute atomic E-state index is 10.4. The number of nitriles is 1. The summed E-state index contributed by atoms with van der Waals surface area (Å²) in [7, 11) is 0. The Bertz CT molecular complexity index is 404. The zero-order valence-corrected chi connectivity index (χ0v) is 6.95. The van der Waals surface area contributed by atoms with Crippen LogP contribution in [0, 0.1) is 23.2 Å². The molecule has 0 aliphatic heterocycles. The lowest BCUT2D eigenvalue weighted by Crippen LogP contribution is -1.80. The van der Waals surface area contributed by atoms with Gasteiger partial charge < -0.3 is 0 Å². The van der Waals surface area contributed by atoms with Crippen molar-refractivity contribution >= 4 is 6.29 Å². The van der Waals surface area contributed by atoms with E-state index >= 15 is 0 Å². The Balaban J connectivity index is 2.86. The van der Waals surface area contributed by atoms with Crippen LogP contribution in [0.2, 0.25) is 0 Å². The summed E-state index contributed by atoms with van der Waals surface area (Å²) in [6.07, 6.45) is 0.987. The third-order valence-corrected chi connectivity index (χ3v) is 1.42. The first-order chi connectivity index (χ1) is 6.36. The van der Waals surface area contributed by atoms with E-state index in [-0.39, 0.29) is 6.42 Å². The lowest BCUT2D eigenvalue weighted by Gasteiger charge is -1.90. The predicted molar refractivity (Wildman–Crippen MR) is 48.9 cm³/mol. The second-order valence-electron chi connectivity index (χ2n) is 2.38. The second kappa shape index (κ2) is 4.74. The highest BCUT2D eigenvalue weighted by atomic mass is 16.1. The molecule has 0 aliphatic rings. The molecule has 0 aliphatic carbocycles. The highest BCUT2D eigenvalue weighted by Crippen LogP contribution is 2.00. The van der Waals surface area contributed by atoms with Crippen molar-refractivity contribution in [3.05, 3.63) is 35.4 Å². The number of aldehydes is 1. The molecule has 13 heavy (non-hydrogen) atoms. The van der Waals surface area contributed by atoms with Crippen molar-refractivity contribution in [2.24, 2.45) is 0 Å². The van der Waals surface area contributed by atoms with Gasteiger partial charge in [-0.15, -0.1) is 0 Å². The lowest BCUT2D eigenvalue weighted by molar-refractivity contribution is 0.112. The SMILES string of the molecule is N#CCC#Cc1cccc(C=O)c1. The van der Waals surface area contributed by atoms with E-state index in [4.69, 9.17) is 5.26 Å². The van der Waals surface area contributed by atoms with Crippen LogP contribution in [0.15, 0.2) is 24.3 Å². The molecule has 0 atom stereocenters. The molecule has 0 N–H and O–H groups in total. The third kappa shape index (κ3) is 2.81. The van der Waals surface area contributed by atoms with Gasteiger partial charge in [-0.2, -0.15) is 5.26 Å². The fourth-order valence-corrected chi connectivity index (χ4v) is 0.876. The molecular formula is C11H7NO. The summed E-state index contributed by atoms with van der Waals surface area (Å²) in [4.78, 5) is 10.4. The predicted octanol–water partition coefficient (Wildman–Crippen LogP) is 1.76. The molecule has 0 saturated carbocycles. The zero-order valence-electron chi connectivity index (χ0n) is 6.95. The third-order valence-electron chi connectivity index (χ3n) is 1.42. The Kier molecular flexibility index (Phi) is 3.30. The monoisotopic (exact) mass is 169 g/mol. The van der Waals surface area contributed by atoms with Crippen LogP contribution in [-0.4, -0.2) is 6.29 Å². The number of hydrogen-bond donors (Lipinski definition) is 0. The van der Waals surface area contributed by atoms with E-state index in [0.29, 0.717) is 5.56 Å². The van der Waals surface area contributed by atoms with Gasteiger partial charge in [-0.25, -0.2) is 0 Å². The van der Waals surface area contributed by atoms with Crippen LogP contribution in [0.25, 0.3) is 0 Å². The summed E-state index contributed by atoms with van der Waals surface area (Å²) in [5.74, 6) is 5.46. The number of hydrogen-bond acceptors (Lipinski definition) is 2. The fourth-order valence-electron chi connectivity index (χ4n) is 0.876. The van der Waals surface area contributed by atoms with E-state index in [1.807, 2.05) is 6.07 Å². The molecule has 0 aromatic heterocycles. The quantitative estimate of drug-likeness (QED) is 0.474. The molecule has 0 amide bonds. The summed E-state index contributed by atoms with van der Waals surface area (Å²) in [6.45, 7) is 0. The molecule has 1 rings (SSSR count). The molecule has 62 valence electrons. The van der Waals surface area contributed by atoms with Crippen LogP contribution < -0.4 is 0 Å². The molecule has 0 spiro atoms. The van der Waals surface area contributed by atoms with Crippen LogP contribution in [0.4, 0.5) is 0 Å². The van der Waals surface area contributed by atoms with E-state index in [2.05, 4.69) is 11.8 Å². The number of nitrogens with zero attached hydrogens (tertiary/aromatic N) is 1. The summed E-state index contributed by atoms with van der Waals surface area (Å²) in [5, 5.41) is 8.24. The Hall–Kier alpha value is -2.06. The first kappa shape index (κ1) is 9.03. The molecule has 1 aromatic rings.